The van der Waals surface area contributed by atoms with E-state index in [1.165, 1.54) is 6.20 Å². The van der Waals surface area contributed by atoms with Gasteiger partial charge >= 0.3 is 5.97 Å². The maximum Gasteiger partial charge on any atom is 0.341 e. The second-order valence-electron chi connectivity index (χ2n) is 4.50. The largest absolute Gasteiger partial charge is 0.462 e. The van der Waals surface area contributed by atoms with Crippen LogP contribution in [-0.4, -0.2) is 34.0 Å². The first kappa shape index (κ1) is 13.1. The summed E-state index contributed by atoms with van der Waals surface area (Å²) >= 11 is 0. The SMILES string of the molecule is CCOC(=O)c1cn[nH]c1-c1ccc2[nH]cc(C=O)c2c1. The van der Waals surface area contributed by atoms with Gasteiger partial charge in [-0.05, 0) is 19.1 Å². The number of hydrogen-bond acceptors (Lipinski definition) is 4. The topological polar surface area (TPSA) is 87.8 Å². The van der Waals surface area contributed by atoms with E-state index < -0.39 is 5.97 Å². The highest BCUT2D eigenvalue weighted by Gasteiger charge is 2.17. The maximum atomic E-state index is 11.9. The first-order chi connectivity index (χ1) is 10.2. The molecule has 0 amide bonds. The molecule has 3 rings (SSSR count). The van der Waals surface area contributed by atoms with Crippen molar-refractivity contribution in [3.05, 3.63) is 41.7 Å². The molecule has 0 aliphatic carbocycles. The van der Waals surface area contributed by atoms with E-state index in [-0.39, 0.29) is 0 Å². The number of nitrogens with one attached hydrogen (secondary N) is 2. The number of fused-ring (bicyclic) bond motifs is 1. The lowest BCUT2D eigenvalue weighted by Crippen LogP contribution is -2.04. The molecule has 6 nitrogen and oxygen atoms in total. The van der Waals surface area contributed by atoms with Gasteiger partial charge < -0.3 is 9.72 Å². The monoisotopic (exact) mass is 283 g/mol. The molecule has 21 heavy (non-hydrogen) atoms. The van der Waals surface area contributed by atoms with Crippen LogP contribution in [0.4, 0.5) is 0 Å². The third-order valence-electron chi connectivity index (χ3n) is 3.26. The van der Waals surface area contributed by atoms with Crippen LogP contribution in [0.15, 0.2) is 30.6 Å². The molecule has 2 aromatic heterocycles. The molecule has 6 heteroatoms. The molecule has 3 aromatic rings. The minimum Gasteiger partial charge on any atom is -0.462 e. The molecule has 0 aliphatic heterocycles. The van der Waals surface area contributed by atoms with Gasteiger partial charge in [-0.25, -0.2) is 4.79 Å². The molecular weight excluding hydrogens is 270 g/mol. The van der Waals surface area contributed by atoms with Crippen LogP contribution in [0, 0.1) is 0 Å². The molecule has 0 radical (unpaired) electrons. The van der Waals surface area contributed by atoms with E-state index in [4.69, 9.17) is 4.74 Å². The first-order valence-corrected chi connectivity index (χ1v) is 6.51. The Morgan fingerprint density at radius 2 is 2.29 bits per heavy atom. The molecular formula is C15H13N3O3. The van der Waals surface area contributed by atoms with Crippen molar-refractivity contribution in [2.75, 3.05) is 6.61 Å². The summed E-state index contributed by atoms with van der Waals surface area (Å²) in [6, 6.07) is 5.54. The quantitative estimate of drug-likeness (QED) is 0.569. The number of aldehydes is 1. The highest BCUT2D eigenvalue weighted by atomic mass is 16.5. The van der Waals surface area contributed by atoms with Crippen LogP contribution in [0.5, 0.6) is 0 Å². The lowest BCUT2D eigenvalue weighted by atomic mass is 10.0. The zero-order valence-electron chi connectivity index (χ0n) is 11.3. The van der Waals surface area contributed by atoms with Crippen molar-refractivity contribution in [2.24, 2.45) is 0 Å². The molecule has 0 saturated heterocycles. The van der Waals surface area contributed by atoms with E-state index in [9.17, 15) is 9.59 Å². The lowest BCUT2D eigenvalue weighted by Gasteiger charge is -2.04. The summed E-state index contributed by atoms with van der Waals surface area (Å²) in [4.78, 5) is 25.9. The Balaban J connectivity index is 2.10. The number of esters is 1. The van der Waals surface area contributed by atoms with Crippen molar-refractivity contribution in [2.45, 2.75) is 6.92 Å². The normalized spacial score (nSPS) is 10.7. The van der Waals surface area contributed by atoms with Gasteiger partial charge in [-0.1, -0.05) is 6.07 Å². The van der Waals surface area contributed by atoms with Crippen LogP contribution in [-0.2, 0) is 4.74 Å². The van der Waals surface area contributed by atoms with Crippen LogP contribution in [0.25, 0.3) is 22.2 Å². The van der Waals surface area contributed by atoms with Crippen molar-refractivity contribution in [1.29, 1.82) is 0 Å². The molecule has 0 bridgehead atoms. The Hall–Kier alpha value is -2.89. The minimum absolute atomic E-state index is 0.301. The second kappa shape index (κ2) is 5.24. The Labute approximate surface area is 120 Å². The molecule has 106 valence electrons. The standard InChI is InChI=1S/C15H13N3O3/c1-2-21-15(20)12-7-17-18-14(12)9-3-4-13-11(5-9)10(8-19)6-16-13/h3-8,16H,2H2,1H3,(H,17,18). The number of carbonyl (C=O) groups is 2. The third kappa shape index (κ3) is 2.20. The summed E-state index contributed by atoms with van der Waals surface area (Å²) < 4.78 is 5.00. The van der Waals surface area contributed by atoms with Crippen LogP contribution in [0.3, 0.4) is 0 Å². The predicted octanol–water partition coefficient (Wildman–Crippen LogP) is 2.55. The van der Waals surface area contributed by atoms with Crippen LogP contribution >= 0.6 is 0 Å². The molecule has 0 saturated carbocycles. The molecule has 0 spiro atoms. The van der Waals surface area contributed by atoms with Crippen molar-refractivity contribution < 1.29 is 14.3 Å². The average Bonchev–Trinajstić information content (AvgIpc) is 3.13. The summed E-state index contributed by atoms with van der Waals surface area (Å²) in [5.41, 5.74) is 3.15. The van der Waals surface area contributed by atoms with Crippen LogP contribution in [0.2, 0.25) is 0 Å². The number of rotatable bonds is 4. The van der Waals surface area contributed by atoms with Gasteiger partial charge in [-0.2, -0.15) is 5.10 Å². The number of aromatic nitrogens is 3. The fourth-order valence-electron chi connectivity index (χ4n) is 2.27. The highest BCUT2D eigenvalue weighted by molar-refractivity contribution is 6.01. The Morgan fingerprint density at radius 3 is 3.05 bits per heavy atom. The molecule has 0 aliphatic rings. The number of carbonyl (C=O) groups excluding carboxylic acids is 2. The number of aromatic amines is 2. The van der Waals surface area contributed by atoms with E-state index in [1.54, 1.807) is 13.1 Å². The summed E-state index contributed by atoms with van der Waals surface area (Å²) in [6.45, 7) is 2.05. The number of nitrogens with zero attached hydrogens (tertiary/aromatic N) is 1. The summed E-state index contributed by atoms with van der Waals surface area (Å²) in [7, 11) is 0. The van der Waals surface area contributed by atoms with Crippen molar-refractivity contribution in [1.82, 2.24) is 15.2 Å². The number of hydrogen-bond donors (Lipinski definition) is 2. The van der Waals surface area contributed by atoms with E-state index >= 15 is 0 Å². The first-order valence-electron chi connectivity index (χ1n) is 6.51. The molecule has 2 N–H and O–H groups in total. The second-order valence-corrected chi connectivity index (χ2v) is 4.50. The fraction of sp³-hybridized carbons (Fsp3) is 0.133. The Morgan fingerprint density at radius 1 is 1.43 bits per heavy atom. The van der Waals surface area contributed by atoms with Crippen LogP contribution < -0.4 is 0 Å². The third-order valence-corrected chi connectivity index (χ3v) is 3.26. The van der Waals surface area contributed by atoms with Gasteiger partial charge in [0.25, 0.3) is 0 Å². The van der Waals surface area contributed by atoms with E-state index in [2.05, 4.69) is 15.2 Å². The van der Waals surface area contributed by atoms with Gasteiger partial charge in [0, 0.05) is 28.2 Å². The summed E-state index contributed by atoms with van der Waals surface area (Å²) in [5, 5.41) is 7.51. The van der Waals surface area contributed by atoms with Crippen molar-refractivity contribution in [3.8, 4) is 11.3 Å². The van der Waals surface area contributed by atoms with Gasteiger partial charge in [-0.3, -0.25) is 9.89 Å². The zero-order valence-corrected chi connectivity index (χ0v) is 11.3. The van der Waals surface area contributed by atoms with E-state index in [0.717, 1.165) is 22.8 Å². The van der Waals surface area contributed by atoms with Crippen molar-refractivity contribution in [3.63, 3.8) is 0 Å². The molecule has 0 fully saturated rings. The smallest absolute Gasteiger partial charge is 0.341 e. The van der Waals surface area contributed by atoms with E-state index in [1.807, 2.05) is 18.2 Å². The van der Waals surface area contributed by atoms with Gasteiger partial charge in [0.1, 0.15) is 5.56 Å². The van der Waals surface area contributed by atoms with Gasteiger partial charge in [0.2, 0.25) is 0 Å². The lowest BCUT2D eigenvalue weighted by molar-refractivity contribution is 0.0527. The highest BCUT2D eigenvalue weighted by Crippen LogP contribution is 2.27. The molecule has 0 atom stereocenters. The predicted molar refractivity (Wildman–Crippen MR) is 77.2 cm³/mol. The zero-order chi connectivity index (χ0) is 14.8. The number of ether oxygens (including phenoxy) is 1. The number of H-pyrrole nitrogens is 2. The molecule has 0 unspecified atom stereocenters. The Bertz CT molecular complexity index is 817. The molecule has 2 heterocycles. The fourth-order valence-corrected chi connectivity index (χ4v) is 2.27. The average molecular weight is 283 g/mol. The summed E-state index contributed by atoms with van der Waals surface area (Å²) in [6.07, 6.45) is 3.89. The van der Waals surface area contributed by atoms with Gasteiger partial charge in [-0.15, -0.1) is 0 Å². The van der Waals surface area contributed by atoms with Gasteiger partial charge in [0.05, 0.1) is 18.5 Å². The summed E-state index contributed by atoms with van der Waals surface area (Å²) in [5.74, 6) is -0.425. The maximum absolute atomic E-state index is 11.9. The van der Waals surface area contributed by atoms with Gasteiger partial charge in [0.15, 0.2) is 6.29 Å². The molecule has 1 aromatic carbocycles. The Kier molecular flexibility index (Phi) is 3.27. The van der Waals surface area contributed by atoms with Crippen LogP contribution in [0.1, 0.15) is 27.6 Å². The van der Waals surface area contributed by atoms with Crippen molar-refractivity contribution >= 4 is 23.2 Å². The number of benzene rings is 1. The van der Waals surface area contributed by atoms with E-state index in [0.29, 0.717) is 23.4 Å². The minimum atomic E-state index is -0.425.